The molecule has 0 atom stereocenters. The van der Waals surface area contributed by atoms with Crippen molar-refractivity contribution in [2.45, 2.75) is 32.1 Å². The van der Waals surface area contributed by atoms with Crippen molar-refractivity contribution in [3.8, 4) is 0 Å². The fourth-order valence-corrected chi connectivity index (χ4v) is 3.30. The van der Waals surface area contributed by atoms with Gasteiger partial charge in [-0.05, 0) is 25.3 Å². The van der Waals surface area contributed by atoms with E-state index in [1.54, 1.807) is 12.1 Å². The molecule has 7 heteroatoms. The van der Waals surface area contributed by atoms with Crippen molar-refractivity contribution in [1.82, 2.24) is 0 Å². The predicted molar refractivity (Wildman–Crippen MR) is 77.7 cm³/mol. The highest BCUT2D eigenvalue weighted by Crippen LogP contribution is 2.45. The number of nitrogens with zero attached hydrogens (tertiary/aromatic N) is 2. The van der Waals surface area contributed by atoms with E-state index in [4.69, 9.17) is 0 Å². The Bertz CT molecular complexity index is 666. The smallest absolute Gasteiger partial charge is 0.310 e. The third kappa shape index (κ3) is 2.13. The van der Waals surface area contributed by atoms with Crippen molar-refractivity contribution in [2.75, 3.05) is 11.4 Å². The summed E-state index contributed by atoms with van der Waals surface area (Å²) in [5.74, 6) is -1.19. The monoisotopic (exact) mass is 304 g/mol. The van der Waals surface area contributed by atoms with E-state index < -0.39 is 16.3 Å². The van der Waals surface area contributed by atoms with Gasteiger partial charge in [-0.2, -0.15) is 0 Å². The van der Waals surface area contributed by atoms with Crippen LogP contribution < -0.4 is 4.90 Å². The lowest BCUT2D eigenvalue weighted by atomic mass is 9.66. The van der Waals surface area contributed by atoms with E-state index in [0.29, 0.717) is 37.1 Å². The van der Waals surface area contributed by atoms with Crippen molar-refractivity contribution in [3.05, 3.63) is 33.9 Å². The normalized spacial score (nSPS) is 18.5. The van der Waals surface area contributed by atoms with E-state index in [-0.39, 0.29) is 18.0 Å². The minimum Gasteiger partial charge on any atom is -0.481 e. The number of carbonyl (C=O) groups is 2. The molecule has 7 nitrogen and oxygen atoms in total. The summed E-state index contributed by atoms with van der Waals surface area (Å²) in [7, 11) is 0. The van der Waals surface area contributed by atoms with E-state index in [1.165, 1.54) is 11.0 Å². The summed E-state index contributed by atoms with van der Waals surface area (Å²) >= 11 is 0. The van der Waals surface area contributed by atoms with Crippen LogP contribution in [0.15, 0.2) is 18.2 Å². The summed E-state index contributed by atoms with van der Waals surface area (Å²) in [6.07, 6.45) is 2.25. The predicted octanol–water partition coefficient (Wildman–Crippen LogP) is 2.13. The second-order valence-electron chi connectivity index (χ2n) is 5.94. The molecule has 1 aromatic carbocycles. The molecular weight excluding hydrogens is 288 g/mol. The molecule has 1 aliphatic heterocycles. The Labute approximate surface area is 126 Å². The third-order valence-electron chi connectivity index (χ3n) is 4.75. The first-order valence-electron chi connectivity index (χ1n) is 7.25. The molecule has 1 fully saturated rings. The third-order valence-corrected chi connectivity index (χ3v) is 4.75. The van der Waals surface area contributed by atoms with E-state index in [2.05, 4.69) is 0 Å². The van der Waals surface area contributed by atoms with Crippen molar-refractivity contribution < 1.29 is 19.6 Å². The summed E-state index contributed by atoms with van der Waals surface area (Å²) < 4.78 is 0. The zero-order chi connectivity index (χ0) is 15.9. The lowest BCUT2D eigenvalue weighted by Crippen LogP contribution is -2.43. The number of nitro benzene ring substituents is 1. The Morgan fingerprint density at radius 1 is 1.36 bits per heavy atom. The van der Waals surface area contributed by atoms with Gasteiger partial charge in [-0.25, -0.2) is 0 Å². The Kier molecular flexibility index (Phi) is 3.35. The number of carboxylic acid groups (broad SMARTS) is 1. The first-order chi connectivity index (χ1) is 10.4. The zero-order valence-corrected chi connectivity index (χ0v) is 11.9. The maximum Gasteiger partial charge on any atom is 0.310 e. The van der Waals surface area contributed by atoms with Crippen LogP contribution in [0.4, 0.5) is 11.4 Å². The van der Waals surface area contributed by atoms with Crippen molar-refractivity contribution in [2.24, 2.45) is 5.41 Å². The van der Waals surface area contributed by atoms with E-state index in [0.717, 1.165) is 6.42 Å². The number of carboxylic acids is 1. The van der Waals surface area contributed by atoms with E-state index in [9.17, 15) is 24.8 Å². The average molecular weight is 304 g/mol. The molecular formula is C15H16N2O5. The van der Waals surface area contributed by atoms with Gasteiger partial charge in [0.2, 0.25) is 5.91 Å². The molecule has 1 aliphatic carbocycles. The quantitative estimate of drug-likeness (QED) is 0.678. The molecule has 0 unspecified atom stereocenters. The van der Waals surface area contributed by atoms with Gasteiger partial charge in [0.1, 0.15) is 0 Å². The molecule has 22 heavy (non-hydrogen) atoms. The fraction of sp³-hybridized carbons (Fsp3) is 0.467. The minimum atomic E-state index is -0.944. The van der Waals surface area contributed by atoms with Gasteiger partial charge in [0.05, 0.1) is 21.6 Å². The summed E-state index contributed by atoms with van der Waals surface area (Å²) in [6, 6.07) is 4.66. The SMILES string of the molecule is O=C(CC1(C(=O)O)CCC1)N1CCc2c1cccc2[N+](=O)[O-]. The largest absolute Gasteiger partial charge is 0.481 e. The average Bonchev–Trinajstić information content (AvgIpc) is 2.85. The van der Waals surface area contributed by atoms with Crippen LogP contribution in [0, 0.1) is 15.5 Å². The van der Waals surface area contributed by atoms with Crippen molar-refractivity contribution >= 4 is 23.3 Å². The molecule has 3 rings (SSSR count). The van der Waals surface area contributed by atoms with Gasteiger partial charge in [0, 0.05) is 19.0 Å². The lowest BCUT2D eigenvalue weighted by molar-refractivity contribution is -0.385. The second-order valence-corrected chi connectivity index (χ2v) is 5.94. The highest BCUT2D eigenvalue weighted by atomic mass is 16.6. The van der Waals surface area contributed by atoms with Gasteiger partial charge in [0.25, 0.3) is 5.69 Å². The van der Waals surface area contributed by atoms with Crippen LogP contribution in [0.25, 0.3) is 0 Å². The number of anilines is 1. The van der Waals surface area contributed by atoms with Gasteiger partial charge in [0.15, 0.2) is 0 Å². The molecule has 1 saturated carbocycles. The number of aliphatic carboxylic acids is 1. The summed E-state index contributed by atoms with van der Waals surface area (Å²) in [4.78, 5) is 36.0. The molecule has 0 saturated heterocycles. The number of benzene rings is 1. The Morgan fingerprint density at radius 2 is 2.09 bits per heavy atom. The molecule has 0 aromatic heterocycles. The van der Waals surface area contributed by atoms with Crippen molar-refractivity contribution in [1.29, 1.82) is 0 Å². The maximum absolute atomic E-state index is 12.5. The highest BCUT2D eigenvalue weighted by molar-refractivity contribution is 5.98. The molecule has 116 valence electrons. The summed E-state index contributed by atoms with van der Waals surface area (Å²) in [6.45, 7) is 0.370. The van der Waals surface area contributed by atoms with E-state index >= 15 is 0 Å². The number of rotatable bonds is 4. The van der Waals surface area contributed by atoms with Gasteiger partial charge >= 0.3 is 5.97 Å². The molecule has 0 spiro atoms. The molecule has 1 heterocycles. The number of carbonyl (C=O) groups excluding carboxylic acids is 1. The molecule has 2 aliphatic rings. The molecule has 1 N–H and O–H groups in total. The number of hydrogen-bond acceptors (Lipinski definition) is 4. The van der Waals surface area contributed by atoms with Crippen LogP contribution in [0.1, 0.15) is 31.2 Å². The second kappa shape index (κ2) is 5.08. The van der Waals surface area contributed by atoms with Gasteiger partial charge in [-0.15, -0.1) is 0 Å². The highest BCUT2D eigenvalue weighted by Gasteiger charge is 2.47. The van der Waals surface area contributed by atoms with Gasteiger partial charge in [-0.1, -0.05) is 12.5 Å². The van der Waals surface area contributed by atoms with E-state index in [1.807, 2.05) is 0 Å². The summed E-state index contributed by atoms with van der Waals surface area (Å²) in [5.41, 5.74) is 0.169. The molecule has 0 bridgehead atoms. The first kappa shape index (κ1) is 14.5. The Hall–Kier alpha value is -2.44. The topological polar surface area (TPSA) is 101 Å². The Morgan fingerprint density at radius 3 is 2.64 bits per heavy atom. The van der Waals surface area contributed by atoms with Crippen LogP contribution in [-0.2, 0) is 16.0 Å². The van der Waals surface area contributed by atoms with Crippen LogP contribution in [0.2, 0.25) is 0 Å². The molecule has 0 radical (unpaired) electrons. The standard InChI is InChI=1S/C15H16N2O5/c18-13(9-15(14(19)20)6-2-7-15)16-8-5-10-11(16)3-1-4-12(10)17(21)22/h1,3-4H,2,5-9H2,(H,19,20). The van der Waals surface area contributed by atoms with Crippen LogP contribution >= 0.6 is 0 Å². The van der Waals surface area contributed by atoms with Gasteiger partial charge < -0.3 is 10.0 Å². The Balaban J connectivity index is 1.84. The number of hydrogen-bond donors (Lipinski definition) is 1. The van der Waals surface area contributed by atoms with Crippen LogP contribution in [-0.4, -0.2) is 28.5 Å². The minimum absolute atomic E-state index is 0.0180. The number of nitro groups is 1. The van der Waals surface area contributed by atoms with Gasteiger partial charge in [-0.3, -0.25) is 19.7 Å². The number of fused-ring (bicyclic) bond motifs is 1. The van der Waals surface area contributed by atoms with Crippen LogP contribution in [0.5, 0.6) is 0 Å². The van der Waals surface area contributed by atoms with Crippen molar-refractivity contribution in [3.63, 3.8) is 0 Å². The number of amides is 1. The maximum atomic E-state index is 12.5. The molecule has 1 aromatic rings. The first-order valence-corrected chi connectivity index (χ1v) is 7.25. The molecule has 1 amide bonds. The lowest BCUT2D eigenvalue weighted by Gasteiger charge is -2.38. The van der Waals surface area contributed by atoms with Crippen LogP contribution in [0.3, 0.4) is 0 Å². The summed E-state index contributed by atoms with van der Waals surface area (Å²) in [5, 5.41) is 20.4. The fourth-order valence-electron chi connectivity index (χ4n) is 3.30. The zero-order valence-electron chi connectivity index (χ0n) is 11.9.